The molecule has 0 amide bonds. The topological polar surface area (TPSA) is 61.5 Å². The highest BCUT2D eigenvalue weighted by atomic mass is 16.5. The van der Waals surface area contributed by atoms with Crippen LogP contribution in [0.15, 0.2) is 0 Å². The van der Waals surface area contributed by atoms with Gasteiger partial charge in [-0.2, -0.15) is 0 Å². The van der Waals surface area contributed by atoms with Gasteiger partial charge in [-0.05, 0) is 33.1 Å². The summed E-state index contributed by atoms with van der Waals surface area (Å²) in [7, 11) is 1.43. The summed E-state index contributed by atoms with van der Waals surface area (Å²) in [6.45, 7) is 6.84. The van der Waals surface area contributed by atoms with Crippen molar-refractivity contribution in [2.45, 2.75) is 64.5 Å². The molecule has 1 heterocycles. The second kappa shape index (κ2) is 6.02. The van der Waals surface area contributed by atoms with Gasteiger partial charge in [0, 0.05) is 17.6 Å². The number of hydrogen-bond acceptors (Lipinski definition) is 4. The Bertz CT molecular complexity index is 283. The minimum absolute atomic E-state index is 0.175. The van der Waals surface area contributed by atoms with Crippen LogP contribution in [0.2, 0.25) is 0 Å². The van der Waals surface area contributed by atoms with Gasteiger partial charge < -0.3 is 15.2 Å². The summed E-state index contributed by atoms with van der Waals surface area (Å²) in [6.07, 6.45) is 4.39. The summed E-state index contributed by atoms with van der Waals surface area (Å²) in [4.78, 5) is 11.7. The fraction of sp³-hybridized carbons (Fsp3) is 0.929. The van der Waals surface area contributed by atoms with E-state index in [1.807, 2.05) is 13.8 Å². The molecule has 0 aromatic heterocycles. The Balaban J connectivity index is 2.87. The maximum atomic E-state index is 11.7. The Morgan fingerprint density at radius 3 is 2.72 bits per heavy atom. The normalized spacial score (nSPS) is 29.1. The first-order chi connectivity index (χ1) is 8.34. The van der Waals surface area contributed by atoms with Gasteiger partial charge in [0.15, 0.2) is 0 Å². The Morgan fingerprint density at radius 1 is 1.56 bits per heavy atom. The highest BCUT2D eigenvalue weighted by Crippen LogP contribution is 2.45. The first kappa shape index (κ1) is 15.4. The summed E-state index contributed by atoms with van der Waals surface area (Å²) in [5.74, 6) is -0.175. The van der Waals surface area contributed by atoms with Crippen LogP contribution in [0.1, 0.15) is 52.9 Å². The van der Waals surface area contributed by atoms with Gasteiger partial charge in [-0.15, -0.1) is 0 Å². The zero-order valence-corrected chi connectivity index (χ0v) is 12.1. The van der Waals surface area contributed by atoms with Crippen molar-refractivity contribution < 1.29 is 14.3 Å². The van der Waals surface area contributed by atoms with Crippen LogP contribution >= 0.6 is 0 Å². The fourth-order valence-corrected chi connectivity index (χ4v) is 2.85. The zero-order chi connectivity index (χ0) is 13.8. The van der Waals surface area contributed by atoms with E-state index < -0.39 is 5.54 Å². The quantitative estimate of drug-likeness (QED) is 0.767. The Labute approximate surface area is 110 Å². The molecule has 4 heteroatoms. The van der Waals surface area contributed by atoms with Crippen LogP contribution < -0.4 is 5.73 Å². The van der Waals surface area contributed by atoms with E-state index in [-0.39, 0.29) is 17.5 Å². The van der Waals surface area contributed by atoms with Crippen molar-refractivity contribution in [3.63, 3.8) is 0 Å². The molecule has 0 aromatic carbocycles. The van der Waals surface area contributed by atoms with Gasteiger partial charge in [-0.1, -0.05) is 13.3 Å². The SMILES string of the molecule is CCCC1CC(CC(=O)OC)(C(C)(C)N)CCO1. The molecule has 106 valence electrons. The minimum Gasteiger partial charge on any atom is -0.469 e. The van der Waals surface area contributed by atoms with Gasteiger partial charge in [-0.3, -0.25) is 4.79 Å². The largest absolute Gasteiger partial charge is 0.469 e. The molecule has 2 N–H and O–H groups in total. The highest BCUT2D eigenvalue weighted by molar-refractivity contribution is 5.70. The second-order valence-corrected chi connectivity index (χ2v) is 5.99. The first-order valence-electron chi connectivity index (χ1n) is 6.82. The number of nitrogens with two attached hydrogens (primary N) is 1. The monoisotopic (exact) mass is 257 g/mol. The van der Waals surface area contributed by atoms with E-state index >= 15 is 0 Å². The minimum atomic E-state index is -0.406. The molecule has 0 saturated carbocycles. The van der Waals surface area contributed by atoms with Crippen LogP contribution in [0, 0.1) is 5.41 Å². The lowest BCUT2D eigenvalue weighted by atomic mass is 9.63. The number of carbonyl (C=O) groups is 1. The van der Waals surface area contributed by atoms with Gasteiger partial charge in [0.05, 0.1) is 19.6 Å². The summed E-state index contributed by atoms with van der Waals surface area (Å²) in [5, 5.41) is 0. The van der Waals surface area contributed by atoms with E-state index in [2.05, 4.69) is 6.92 Å². The van der Waals surface area contributed by atoms with Crippen molar-refractivity contribution in [2.75, 3.05) is 13.7 Å². The van der Waals surface area contributed by atoms with Crippen LogP contribution in [0.4, 0.5) is 0 Å². The molecule has 0 aromatic rings. The van der Waals surface area contributed by atoms with Crippen LogP contribution in [-0.2, 0) is 14.3 Å². The number of rotatable bonds is 5. The predicted octanol–water partition coefficient (Wildman–Crippen LogP) is 2.25. The average molecular weight is 257 g/mol. The molecule has 1 fully saturated rings. The number of hydrogen-bond donors (Lipinski definition) is 1. The van der Waals surface area contributed by atoms with Crippen LogP contribution in [0.5, 0.6) is 0 Å². The standard InChI is InChI=1S/C14H27NO3/c1-5-6-11-9-14(7-8-18-11,13(2,3)15)10-12(16)17-4/h11H,5-10,15H2,1-4H3. The average Bonchev–Trinajstić information content (AvgIpc) is 2.28. The lowest BCUT2D eigenvalue weighted by Gasteiger charge is -2.49. The molecule has 4 nitrogen and oxygen atoms in total. The summed E-state index contributed by atoms with van der Waals surface area (Å²) < 4.78 is 10.6. The molecular weight excluding hydrogens is 230 g/mol. The Hall–Kier alpha value is -0.610. The van der Waals surface area contributed by atoms with Gasteiger partial charge in [-0.25, -0.2) is 0 Å². The van der Waals surface area contributed by atoms with E-state index in [4.69, 9.17) is 15.2 Å². The molecule has 0 spiro atoms. The van der Waals surface area contributed by atoms with Gasteiger partial charge in [0.2, 0.25) is 0 Å². The summed E-state index contributed by atoms with van der Waals surface area (Å²) in [5.41, 5.74) is 5.73. The molecule has 0 aliphatic carbocycles. The molecule has 2 atom stereocenters. The maximum absolute atomic E-state index is 11.7. The van der Waals surface area contributed by atoms with Crippen LogP contribution in [0.3, 0.4) is 0 Å². The van der Waals surface area contributed by atoms with Gasteiger partial charge in [0.25, 0.3) is 0 Å². The second-order valence-electron chi connectivity index (χ2n) is 5.99. The van der Waals surface area contributed by atoms with Crippen molar-refractivity contribution in [2.24, 2.45) is 11.1 Å². The maximum Gasteiger partial charge on any atom is 0.306 e. The fourth-order valence-electron chi connectivity index (χ4n) is 2.85. The first-order valence-corrected chi connectivity index (χ1v) is 6.82. The molecule has 18 heavy (non-hydrogen) atoms. The Kier molecular flexibility index (Phi) is 5.17. The van der Waals surface area contributed by atoms with Crippen molar-refractivity contribution >= 4 is 5.97 Å². The van der Waals surface area contributed by atoms with Crippen molar-refractivity contribution in [3.05, 3.63) is 0 Å². The van der Waals surface area contributed by atoms with Crippen molar-refractivity contribution in [3.8, 4) is 0 Å². The molecule has 0 radical (unpaired) electrons. The zero-order valence-electron chi connectivity index (χ0n) is 12.1. The third kappa shape index (κ3) is 3.45. The number of methoxy groups -OCH3 is 1. The molecule has 0 bridgehead atoms. The van der Waals surface area contributed by atoms with Gasteiger partial charge in [0.1, 0.15) is 0 Å². The van der Waals surface area contributed by atoms with Crippen molar-refractivity contribution in [1.82, 2.24) is 0 Å². The molecule has 1 aliphatic heterocycles. The van der Waals surface area contributed by atoms with E-state index in [0.717, 1.165) is 25.7 Å². The molecule has 1 saturated heterocycles. The molecule has 1 rings (SSSR count). The van der Waals surface area contributed by atoms with E-state index in [9.17, 15) is 4.79 Å². The molecule has 1 aliphatic rings. The summed E-state index contributed by atoms with van der Waals surface area (Å²) in [6, 6.07) is 0. The highest BCUT2D eigenvalue weighted by Gasteiger charge is 2.47. The van der Waals surface area contributed by atoms with E-state index in [1.54, 1.807) is 0 Å². The lowest BCUT2D eigenvalue weighted by molar-refractivity contribution is -0.150. The van der Waals surface area contributed by atoms with Crippen LogP contribution in [0.25, 0.3) is 0 Å². The number of ether oxygens (including phenoxy) is 2. The number of carbonyl (C=O) groups excluding carboxylic acids is 1. The van der Waals surface area contributed by atoms with Crippen LogP contribution in [-0.4, -0.2) is 31.3 Å². The van der Waals surface area contributed by atoms with E-state index in [0.29, 0.717) is 13.0 Å². The van der Waals surface area contributed by atoms with Gasteiger partial charge >= 0.3 is 5.97 Å². The van der Waals surface area contributed by atoms with Crippen molar-refractivity contribution in [1.29, 1.82) is 0 Å². The third-order valence-corrected chi connectivity index (χ3v) is 4.24. The number of esters is 1. The lowest BCUT2D eigenvalue weighted by Crippen LogP contribution is -2.56. The summed E-state index contributed by atoms with van der Waals surface area (Å²) >= 11 is 0. The smallest absolute Gasteiger partial charge is 0.306 e. The third-order valence-electron chi connectivity index (χ3n) is 4.24. The Morgan fingerprint density at radius 2 is 2.22 bits per heavy atom. The molecular formula is C14H27NO3. The molecule has 2 unspecified atom stereocenters. The van der Waals surface area contributed by atoms with E-state index in [1.165, 1.54) is 7.11 Å². The predicted molar refractivity (Wildman–Crippen MR) is 71.2 cm³/mol.